The summed E-state index contributed by atoms with van der Waals surface area (Å²) in [6.45, 7) is 0. The molecule has 30 heavy (non-hydrogen) atoms. The molecule has 1 amide bonds. The minimum absolute atomic E-state index is 0.0894. The first kappa shape index (κ1) is 18.7. The summed E-state index contributed by atoms with van der Waals surface area (Å²) in [5, 5.41) is 6.81. The molecule has 0 atom stereocenters. The Labute approximate surface area is 181 Å². The molecule has 0 saturated carbocycles. The normalized spacial score (nSPS) is 10.9. The van der Waals surface area contributed by atoms with E-state index in [1.807, 2.05) is 78.2 Å². The zero-order valence-electron chi connectivity index (χ0n) is 15.9. The molecule has 5 aromatic rings. The lowest BCUT2D eigenvalue weighted by Crippen LogP contribution is -2.15. The summed E-state index contributed by atoms with van der Waals surface area (Å²) < 4.78 is 1.13. The second kappa shape index (κ2) is 8.18. The van der Waals surface area contributed by atoms with Gasteiger partial charge in [0.2, 0.25) is 5.91 Å². The van der Waals surface area contributed by atoms with Crippen LogP contribution in [0.3, 0.4) is 0 Å². The van der Waals surface area contributed by atoms with Crippen molar-refractivity contribution in [3.8, 4) is 21.1 Å². The van der Waals surface area contributed by atoms with E-state index in [0.29, 0.717) is 0 Å². The summed E-state index contributed by atoms with van der Waals surface area (Å²) in [5.74, 6) is -0.0894. The van der Waals surface area contributed by atoms with Gasteiger partial charge in [-0.25, -0.2) is 9.97 Å². The summed E-state index contributed by atoms with van der Waals surface area (Å²) in [6, 6.07) is 25.8. The molecule has 5 rings (SSSR count). The summed E-state index contributed by atoms with van der Waals surface area (Å²) in [7, 11) is 0. The Morgan fingerprint density at radius 3 is 2.47 bits per heavy atom. The predicted octanol–water partition coefficient (Wildman–Crippen LogP) is 6.27. The van der Waals surface area contributed by atoms with E-state index in [1.165, 1.54) is 0 Å². The Bertz CT molecular complexity index is 1290. The summed E-state index contributed by atoms with van der Waals surface area (Å²) in [6.07, 6.45) is 0.234. The van der Waals surface area contributed by atoms with Crippen LogP contribution in [0, 0.1) is 0 Å². The molecule has 0 aliphatic rings. The molecule has 2 heterocycles. The van der Waals surface area contributed by atoms with E-state index in [9.17, 15) is 4.79 Å². The Balaban J connectivity index is 1.35. The monoisotopic (exact) mass is 427 g/mol. The maximum atomic E-state index is 12.7. The Hall–Kier alpha value is -3.35. The summed E-state index contributed by atoms with van der Waals surface area (Å²) in [5.41, 5.74) is 4.49. The average Bonchev–Trinajstić information content (AvgIpc) is 3.41. The average molecular weight is 428 g/mol. The number of carbonyl (C=O) groups is 1. The van der Waals surface area contributed by atoms with Crippen LogP contribution < -0.4 is 5.32 Å². The first-order valence-electron chi connectivity index (χ1n) is 9.51. The van der Waals surface area contributed by atoms with E-state index in [0.717, 1.165) is 42.7 Å². The molecule has 0 unspecified atom stereocenters. The molecule has 4 nitrogen and oxygen atoms in total. The second-order valence-corrected chi connectivity index (χ2v) is 8.66. The van der Waals surface area contributed by atoms with Gasteiger partial charge in [0.15, 0.2) is 0 Å². The molecule has 0 aliphatic heterocycles. The SMILES string of the molecule is O=C(Cc1csc(-c2ccccc2)n1)Nc1ccccc1-c1nc2ccccc2s1. The maximum Gasteiger partial charge on any atom is 0.230 e. The van der Waals surface area contributed by atoms with Crippen molar-refractivity contribution >= 4 is 44.5 Å². The molecule has 0 bridgehead atoms. The molecule has 2 aromatic heterocycles. The van der Waals surface area contributed by atoms with Crippen LogP contribution in [0.15, 0.2) is 84.2 Å². The van der Waals surface area contributed by atoms with Gasteiger partial charge in [-0.2, -0.15) is 0 Å². The van der Waals surface area contributed by atoms with E-state index < -0.39 is 0 Å². The van der Waals surface area contributed by atoms with Crippen molar-refractivity contribution in [3.05, 3.63) is 89.9 Å². The van der Waals surface area contributed by atoms with E-state index in [1.54, 1.807) is 22.7 Å². The minimum atomic E-state index is -0.0894. The fourth-order valence-electron chi connectivity index (χ4n) is 3.23. The standard InChI is InChI=1S/C24H17N3OS2/c28-22(14-17-15-29-23(25-17)16-8-2-1-3-9-16)26-19-11-5-4-10-18(19)24-27-20-12-6-7-13-21(20)30-24/h1-13,15H,14H2,(H,26,28). The van der Waals surface area contributed by atoms with Crippen molar-refractivity contribution in [1.29, 1.82) is 0 Å². The van der Waals surface area contributed by atoms with Gasteiger partial charge < -0.3 is 5.32 Å². The maximum absolute atomic E-state index is 12.7. The first-order valence-corrected chi connectivity index (χ1v) is 11.2. The van der Waals surface area contributed by atoms with Crippen molar-refractivity contribution < 1.29 is 4.79 Å². The van der Waals surface area contributed by atoms with Crippen LogP contribution in [0.1, 0.15) is 5.69 Å². The van der Waals surface area contributed by atoms with Crippen LogP contribution in [-0.2, 0) is 11.2 Å². The smallest absolute Gasteiger partial charge is 0.230 e. The molecule has 0 fully saturated rings. The lowest BCUT2D eigenvalue weighted by atomic mass is 10.1. The number of nitrogens with zero attached hydrogens (tertiary/aromatic N) is 2. The van der Waals surface area contributed by atoms with Gasteiger partial charge >= 0.3 is 0 Å². The Morgan fingerprint density at radius 1 is 0.833 bits per heavy atom. The van der Waals surface area contributed by atoms with Crippen molar-refractivity contribution in [2.75, 3.05) is 5.32 Å². The number of para-hydroxylation sites is 2. The van der Waals surface area contributed by atoms with Crippen LogP contribution in [0.2, 0.25) is 0 Å². The van der Waals surface area contributed by atoms with Gasteiger partial charge in [0, 0.05) is 16.5 Å². The highest BCUT2D eigenvalue weighted by molar-refractivity contribution is 7.21. The zero-order chi connectivity index (χ0) is 20.3. The van der Waals surface area contributed by atoms with Gasteiger partial charge in [-0.3, -0.25) is 4.79 Å². The highest BCUT2D eigenvalue weighted by atomic mass is 32.1. The quantitative estimate of drug-likeness (QED) is 0.360. The first-order chi connectivity index (χ1) is 14.8. The van der Waals surface area contributed by atoms with E-state index in [4.69, 9.17) is 4.98 Å². The topological polar surface area (TPSA) is 54.9 Å². The molecule has 146 valence electrons. The number of hydrogen-bond donors (Lipinski definition) is 1. The number of benzene rings is 3. The fourth-order valence-corrected chi connectivity index (χ4v) is 5.06. The van der Waals surface area contributed by atoms with Crippen LogP contribution >= 0.6 is 22.7 Å². The van der Waals surface area contributed by atoms with Gasteiger partial charge in [-0.1, -0.05) is 54.6 Å². The van der Waals surface area contributed by atoms with Gasteiger partial charge in [-0.15, -0.1) is 22.7 Å². The Kier molecular flexibility index (Phi) is 5.09. The molecule has 1 N–H and O–H groups in total. The number of rotatable bonds is 5. The van der Waals surface area contributed by atoms with E-state index >= 15 is 0 Å². The lowest BCUT2D eigenvalue weighted by Gasteiger charge is -2.08. The molecule has 0 aliphatic carbocycles. The number of amides is 1. The van der Waals surface area contributed by atoms with Gasteiger partial charge in [0.1, 0.15) is 10.0 Å². The van der Waals surface area contributed by atoms with Crippen LogP contribution in [0.25, 0.3) is 31.4 Å². The molecule has 0 saturated heterocycles. The third-order valence-electron chi connectivity index (χ3n) is 4.64. The molecule has 0 spiro atoms. The highest BCUT2D eigenvalue weighted by Gasteiger charge is 2.14. The number of thiazole rings is 2. The van der Waals surface area contributed by atoms with Gasteiger partial charge in [0.05, 0.1) is 28.0 Å². The number of fused-ring (bicyclic) bond motifs is 1. The number of aromatic nitrogens is 2. The minimum Gasteiger partial charge on any atom is -0.325 e. The highest BCUT2D eigenvalue weighted by Crippen LogP contribution is 2.34. The Morgan fingerprint density at radius 2 is 1.60 bits per heavy atom. The van der Waals surface area contributed by atoms with E-state index in [-0.39, 0.29) is 12.3 Å². The van der Waals surface area contributed by atoms with Crippen molar-refractivity contribution in [2.24, 2.45) is 0 Å². The fraction of sp³-hybridized carbons (Fsp3) is 0.0417. The molecular formula is C24H17N3OS2. The number of carbonyl (C=O) groups excluding carboxylic acids is 1. The van der Waals surface area contributed by atoms with Crippen molar-refractivity contribution in [3.63, 3.8) is 0 Å². The molecular weight excluding hydrogens is 410 g/mol. The van der Waals surface area contributed by atoms with Crippen LogP contribution in [-0.4, -0.2) is 15.9 Å². The van der Waals surface area contributed by atoms with E-state index in [2.05, 4.69) is 16.4 Å². The summed E-state index contributed by atoms with van der Waals surface area (Å²) in [4.78, 5) is 22.1. The number of nitrogens with one attached hydrogen (secondary N) is 1. The molecule has 3 aromatic carbocycles. The summed E-state index contributed by atoms with van der Waals surface area (Å²) >= 11 is 3.18. The second-order valence-electron chi connectivity index (χ2n) is 6.77. The third-order valence-corrected chi connectivity index (χ3v) is 6.65. The van der Waals surface area contributed by atoms with Crippen molar-refractivity contribution in [1.82, 2.24) is 9.97 Å². The largest absolute Gasteiger partial charge is 0.325 e. The zero-order valence-corrected chi connectivity index (χ0v) is 17.5. The lowest BCUT2D eigenvalue weighted by molar-refractivity contribution is -0.115. The van der Waals surface area contributed by atoms with Crippen LogP contribution in [0.4, 0.5) is 5.69 Å². The van der Waals surface area contributed by atoms with Gasteiger partial charge in [-0.05, 0) is 24.3 Å². The molecule has 0 radical (unpaired) electrons. The number of hydrogen-bond acceptors (Lipinski definition) is 5. The third kappa shape index (κ3) is 3.87. The van der Waals surface area contributed by atoms with Crippen molar-refractivity contribution in [2.45, 2.75) is 6.42 Å². The number of anilines is 1. The predicted molar refractivity (Wildman–Crippen MR) is 125 cm³/mol. The molecule has 6 heteroatoms. The van der Waals surface area contributed by atoms with Gasteiger partial charge in [0.25, 0.3) is 0 Å². The van der Waals surface area contributed by atoms with Crippen LogP contribution in [0.5, 0.6) is 0 Å².